The minimum Gasteiger partial charge on any atom is -0.390 e. The van der Waals surface area contributed by atoms with E-state index in [-0.39, 0.29) is 5.69 Å². The second-order valence-electron chi connectivity index (χ2n) is 4.30. The van der Waals surface area contributed by atoms with Gasteiger partial charge in [0.1, 0.15) is 18.1 Å². The van der Waals surface area contributed by atoms with Gasteiger partial charge in [0.05, 0.1) is 17.5 Å². The van der Waals surface area contributed by atoms with Crippen molar-refractivity contribution < 1.29 is 15.3 Å². The van der Waals surface area contributed by atoms with Gasteiger partial charge in [-0.1, -0.05) is 0 Å². The van der Waals surface area contributed by atoms with E-state index in [1.54, 1.807) is 6.92 Å². The number of fused-ring (bicyclic) bond motifs is 1. The van der Waals surface area contributed by atoms with Crippen molar-refractivity contribution in [2.45, 2.75) is 38.6 Å². The van der Waals surface area contributed by atoms with Crippen LogP contribution in [0.5, 0.6) is 0 Å². The number of rotatable bonds is 2. The molecule has 1 aliphatic heterocycles. The summed E-state index contributed by atoms with van der Waals surface area (Å²) in [5.41, 5.74) is 6.62. The lowest BCUT2D eigenvalue weighted by Gasteiger charge is -2.29. The molecule has 0 bridgehead atoms. The topological polar surface area (TPSA) is 137 Å². The van der Waals surface area contributed by atoms with E-state index in [0.717, 1.165) is 0 Å². The fourth-order valence-electron chi connectivity index (χ4n) is 1.79. The highest BCUT2D eigenvalue weighted by Crippen LogP contribution is 2.26. The fourth-order valence-corrected chi connectivity index (χ4v) is 1.79. The van der Waals surface area contributed by atoms with Gasteiger partial charge in [-0.05, 0) is 13.8 Å². The Balaban J connectivity index is 2.44. The Morgan fingerprint density at radius 1 is 1.33 bits per heavy atom. The SMILES string of the molecule is Cc1nc2c(nc1C(O)C(C)O)NC(N)NC2O. The zero-order chi connectivity index (χ0) is 13.4. The summed E-state index contributed by atoms with van der Waals surface area (Å²) in [7, 11) is 0. The number of aliphatic hydroxyl groups is 3. The van der Waals surface area contributed by atoms with Crippen LogP contribution in [0.3, 0.4) is 0 Å². The van der Waals surface area contributed by atoms with E-state index >= 15 is 0 Å². The van der Waals surface area contributed by atoms with Gasteiger partial charge >= 0.3 is 0 Å². The first kappa shape index (κ1) is 13.1. The number of hydrogen-bond donors (Lipinski definition) is 6. The molecule has 8 nitrogen and oxygen atoms in total. The zero-order valence-electron chi connectivity index (χ0n) is 10.1. The monoisotopic (exact) mass is 255 g/mol. The summed E-state index contributed by atoms with van der Waals surface area (Å²) in [6, 6.07) is 0. The van der Waals surface area contributed by atoms with Crippen LogP contribution >= 0.6 is 0 Å². The largest absolute Gasteiger partial charge is 0.390 e. The first-order valence-electron chi connectivity index (χ1n) is 5.61. The van der Waals surface area contributed by atoms with Crippen molar-refractivity contribution in [3.63, 3.8) is 0 Å². The van der Waals surface area contributed by atoms with Gasteiger partial charge in [0.15, 0.2) is 12.0 Å². The van der Waals surface area contributed by atoms with Crippen LogP contribution in [-0.4, -0.2) is 37.7 Å². The number of anilines is 1. The van der Waals surface area contributed by atoms with Gasteiger partial charge in [-0.2, -0.15) is 0 Å². The molecule has 18 heavy (non-hydrogen) atoms. The average molecular weight is 255 g/mol. The second-order valence-corrected chi connectivity index (χ2v) is 4.30. The van der Waals surface area contributed by atoms with E-state index in [1.807, 2.05) is 0 Å². The van der Waals surface area contributed by atoms with Crippen molar-refractivity contribution in [3.8, 4) is 0 Å². The average Bonchev–Trinajstić information content (AvgIpc) is 2.28. The normalized spacial score (nSPS) is 26.1. The number of nitrogens with two attached hydrogens (primary N) is 1. The first-order chi connectivity index (χ1) is 8.40. The Morgan fingerprint density at radius 2 is 2.00 bits per heavy atom. The van der Waals surface area contributed by atoms with Crippen molar-refractivity contribution in [2.75, 3.05) is 5.32 Å². The lowest BCUT2D eigenvalue weighted by molar-refractivity contribution is 0.0269. The summed E-state index contributed by atoms with van der Waals surface area (Å²) in [6.07, 6.45) is -3.76. The maximum atomic E-state index is 9.82. The van der Waals surface area contributed by atoms with Crippen LogP contribution < -0.4 is 16.4 Å². The molecule has 0 radical (unpaired) electrons. The molecule has 4 atom stereocenters. The van der Waals surface area contributed by atoms with Crippen LogP contribution in [0.15, 0.2) is 0 Å². The van der Waals surface area contributed by atoms with Crippen molar-refractivity contribution in [3.05, 3.63) is 17.1 Å². The van der Waals surface area contributed by atoms with E-state index in [4.69, 9.17) is 5.73 Å². The van der Waals surface area contributed by atoms with Gasteiger partial charge in [-0.25, -0.2) is 9.97 Å². The van der Waals surface area contributed by atoms with Gasteiger partial charge < -0.3 is 20.6 Å². The Labute approximate surface area is 104 Å². The summed E-state index contributed by atoms with van der Waals surface area (Å²) in [6.45, 7) is 3.11. The minimum absolute atomic E-state index is 0.262. The Kier molecular flexibility index (Phi) is 3.46. The van der Waals surface area contributed by atoms with Gasteiger partial charge in [-0.15, -0.1) is 0 Å². The molecule has 1 aromatic rings. The van der Waals surface area contributed by atoms with E-state index in [1.165, 1.54) is 6.92 Å². The lowest BCUT2D eigenvalue weighted by Crippen LogP contribution is -2.50. The van der Waals surface area contributed by atoms with E-state index < -0.39 is 24.7 Å². The third kappa shape index (κ3) is 2.28. The van der Waals surface area contributed by atoms with E-state index in [2.05, 4.69) is 20.6 Å². The summed E-state index contributed by atoms with van der Waals surface area (Å²) in [5.74, 6) is 0.300. The highest BCUT2D eigenvalue weighted by atomic mass is 16.3. The number of nitrogens with zero attached hydrogens (tertiary/aromatic N) is 2. The first-order valence-corrected chi connectivity index (χ1v) is 5.61. The van der Waals surface area contributed by atoms with Crippen molar-refractivity contribution >= 4 is 5.82 Å². The van der Waals surface area contributed by atoms with Gasteiger partial charge in [0, 0.05) is 0 Å². The molecule has 0 saturated carbocycles. The Morgan fingerprint density at radius 3 is 2.61 bits per heavy atom. The summed E-state index contributed by atoms with van der Waals surface area (Å²) >= 11 is 0. The predicted octanol–water partition coefficient (Wildman–Crippen LogP) is -1.55. The van der Waals surface area contributed by atoms with Gasteiger partial charge in [0.25, 0.3) is 0 Å². The zero-order valence-corrected chi connectivity index (χ0v) is 10.1. The molecule has 4 unspecified atom stereocenters. The highest BCUT2D eigenvalue weighted by molar-refractivity contribution is 5.46. The quantitative estimate of drug-likeness (QED) is 0.373. The molecule has 8 heteroatoms. The molecule has 2 heterocycles. The summed E-state index contributed by atoms with van der Waals surface area (Å²) < 4.78 is 0. The minimum atomic E-state index is -1.13. The van der Waals surface area contributed by atoms with Crippen molar-refractivity contribution in [1.82, 2.24) is 15.3 Å². The molecule has 1 aromatic heterocycles. The number of aryl methyl sites for hydroxylation is 1. The van der Waals surface area contributed by atoms with Crippen LogP contribution in [0.1, 0.15) is 36.3 Å². The maximum absolute atomic E-state index is 9.82. The molecule has 0 spiro atoms. The number of aromatic nitrogens is 2. The molecule has 0 saturated heterocycles. The van der Waals surface area contributed by atoms with Crippen LogP contribution in [0.4, 0.5) is 5.82 Å². The second kappa shape index (κ2) is 4.75. The molecule has 0 aliphatic carbocycles. The summed E-state index contributed by atoms with van der Waals surface area (Å²) in [4.78, 5) is 8.34. The molecule has 100 valence electrons. The molecule has 2 rings (SSSR count). The maximum Gasteiger partial charge on any atom is 0.154 e. The summed E-state index contributed by atoms with van der Waals surface area (Å²) in [5, 5.41) is 34.4. The van der Waals surface area contributed by atoms with Crippen molar-refractivity contribution in [2.24, 2.45) is 5.73 Å². The molecular formula is C10H17N5O3. The Bertz CT molecular complexity index is 453. The molecule has 0 amide bonds. The van der Waals surface area contributed by atoms with Crippen LogP contribution in [0.2, 0.25) is 0 Å². The smallest absolute Gasteiger partial charge is 0.154 e. The van der Waals surface area contributed by atoms with Crippen LogP contribution in [0.25, 0.3) is 0 Å². The molecule has 7 N–H and O–H groups in total. The van der Waals surface area contributed by atoms with Crippen molar-refractivity contribution in [1.29, 1.82) is 0 Å². The van der Waals surface area contributed by atoms with Gasteiger partial charge in [0.2, 0.25) is 0 Å². The molecule has 1 aliphatic rings. The third-order valence-corrected chi connectivity index (χ3v) is 2.76. The number of nitrogens with one attached hydrogen (secondary N) is 2. The third-order valence-electron chi connectivity index (χ3n) is 2.76. The fraction of sp³-hybridized carbons (Fsp3) is 0.600. The Hall–Kier alpha value is -1.32. The van der Waals surface area contributed by atoms with E-state index in [9.17, 15) is 15.3 Å². The van der Waals surface area contributed by atoms with Crippen LogP contribution in [0, 0.1) is 6.92 Å². The molecular weight excluding hydrogens is 238 g/mol. The van der Waals surface area contributed by atoms with Gasteiger partial charge in [-0.3, -0.25) is 11.1 Å². The van der Waals surface area contributed by atoms with E-state index in [0.29, 0.717) is 17.2 Å². The molecule has 0 aromatic carbocycles. The number of hydrogen-bond acceptors (Lipinski definition) is 8. The number of aliphatic hydroxyl groups excluding tert-OH is 3. The lowest BCUT2D eigenvalue weighted by atomic mass is 10.1. The highest BCUT2D eigenvalue weighted by Gasteiger charge is 2.28. The standard InChI is InChI=1S/C10H17N5O3/c1-3-5(7(17)4(2)16)13-8-6(12-3)9(18)15-10(11)14-8/h4,7,9-10,15-18H,11H2,1-2H3,(H,13,14). The predicted molar refractivity (Wildman–Crippen MR) is 63.1 cm³/mol. The molecule has 0 fully saturated rings. The van der Waals surface area contributed by atoms with Crippen LogP contribution in [-0.2, 0) is 0 Å².